The van der Waals surface area contributed by atoms with Crippen LogP contribution in [0.4, 0.5) is 9.18 Å². The topological polar surface area (TPSA) is 96.1 Å². The van der Waals surface area contributed by atoms with Crippen molar-refractivity contribution >= 4 is 23.0 Å². The van der Waals surface area contributed by atoms with Gasteiger partial charge in [0.15, 0.2) is 0 Å². The van der Waals surface area contributed by atoms with Crippen molar-refractivity contribution in [3.63, 3.8) is 0 Å². The molecule has 0 fully saturated rings. The molecule has 34 heavy (non-hydrogen) atoms. The molecule has 0 aliphatic rings. The van der Waals surface area contributed by atoms with Crippen molar-refractivity contribution in [2.24, 2.45) is 5.92 Å². The van der Waals surface area contributed by atoms with Crippen molar-refractivity contribution in [1.82, 2.24) is 20.6 Å². The van der Waals surface area contributed by atoms with Crippen LogP contribution < -0.4 is 10.6 Å². The molecule has 0 radical (unpaired) electrons. The molecule has 0 unspecified atom stereocenters. The minimum absolute atomic E-state index is 0.100. The molecule has 182 valence electrons. The third kappa shape index (κ3) is 7.86. The van der Waals surface area contributed by atoms with E-state index in [0.29, 0.717) is 18.9 Å². The summed E-state index contributed by atoms with van der Waals surface area (Å²) < 4.78 is 18.4. The molecule has 3 rings (SSSR count). The molecule has 0 bridgehead atoms. The number of alkyl carbamates (subject to hydrolysis) is 1. The molecule has 7 nitrogen and oxygen atoms in total. The number of nitrogens with zero attached hydrogens (tertiary/aromatic N) is 1. The number of imidazole rings is 1. The zero-order valence-corrected chi connectivity index (χ0v) is 20.2. The third-order valence-electron chi connectivity index (χ3n) is 5.23. The van der Waals surface area contributed by atoms with Crippen LogP contribution in [-0.4, -0.2) is 40.7 Å². The van der Waals surface area contributed by atoms with E-state index in [1.54, 1.807) is 12.1 Å². The summed E-state index contributed by atoms with van der Waals surface area (Å²) in [4.78, 5) is 31.7. The zero-order chi connectivity index (χ0) is 24.7. The Hall–Kier alpha value is -3.42. The Morgan fingerprint density at radius 1 is 1.09 bits per heavy atom. The number of hydrogen-bond donors (Lipinski definition) is 3. The molecular formula is C26H33FN4O3. The van der Waals surface area contributed by atoms with E-state index in [1.807, 2.05) is 39.0 Å². The first-order valence-corrected chi connectivity index (χ1v) is 11.6. The van der Waals surface area contributed by atoms with Crippen molar-refractivity contribution in [3.05, 3.63) is 54.1 Å². The van der Waals surface area contributed by atoms with Gasteiger partial charge >= 0.3 is 6.09 Å². The number of aromatic nitrogens is 2. The number of carbonyl (C=O) groups excluding carboxylic acids is 2. The van der Waals surface area contributed by atoms with Crippen LogP contribution in [0.15, 0.2) is 42.5 Å². The first kappa shape index (κ1) is 25.2. The highest BCUT2D eigenvalue weighted by Crippen LogP contribution is 2.23. The molecule has 1 heterocycles. The van der Waals surface area contributed by atoms with Gasteiger partial charge in [-0.1, -0.05) is 25.1 Å². The summed E-state index contributed by atoms with van der Waals surface area (Å²) in [6, 6.07) is 12.1. The molecule has 0 spiro atoms. The van der Waals surface area contributed by atoms with E-state index in [4.69, 9.17) is 4.74 Å². The molecule has 1 atom stereocenters. The van der Waals surface area contributed by atoms with Gasteiger partial charge in [0.1, 0.15) is 17.2 Å². The largest absolute Gasteiger partial charge is 0.444 e. The van der Waals surface area contributed by atoms with E-state index in [0.717, 1.165) is 35.0 Å². The van der Waals surface area contributed by atoms with Crippen LogP contribution in [0.25, 0.3) is 22.2 Å². The molecular weight excluding hydrogens is 435 g/mol. The van der Waals surface area contributed by atoms with Crippen LogP contribution in [0.5, 0.6) is 0 Å². The normalized spacial score (nSPS) is 12.4. The average molecular weight is 469 g/mol. The maximum atomic E-state index is 13.2. The predicted molar refractivity (Wildman–Crippen MR) is 131 cm³/mol. The number of carbonyl (C=O) groups is 2. The third-order valence-corrected chi connectivity index (χ3v) is 5.23. The predicted octanol–water partition coefficient (Wildman–Crippen LogP) is 4.97. The Morgan fingerprint density at radius 2 is 1.79 bits per heavy atom. The Balaban J connectivity index is 1.42. The molecule has 3 aromatic rings. The first-order valence-electron chi connectivity index (χ1n) is 11.6. The van der Waals surface area contributed by atoms with Crippen LogP contribution in [0.3, 0.4) is 0 Å². The average Bonchev–Trinajstić information content (AvgIpc) is 3.16. The van der Waals surface area contributed by atoms with Gasteiger partial charge in [0.2, 0.25) is 5.91 Å². The van der Waals surface area contributed by atoms with Gasteiger partial charge < -0.3 is 20.4 Å². The van der Waals surface area contributed by atoms with Gasteiger partial charge in [-0.05, 0) is 74.9 Å². The number of ether oxygens (including phenoxy) is 1. The summed E-state index contributed by atoms with van der Waals surface area (Å²) >= 11 is 0. The summed E-state index contributed by atoms with van der Waals surface area (Å²) in [5, 5.41) is 5.70. The van der Waals surface area contributed by atoms with Gasteiger partial charge in [0, 0.05) is 13.1 Å². The fraction of sp³-hybridized carbons (Fsp3) is 0.423. The van der Waals surface area contributed by atoms with E-state index >= 15 is 0 Å². The molecule has 0 saturated heterocycles. The fourth-order valence-electron chi connectivity index (χ4n) is 3.53. The summed E-state index contributed by atoms with van der Waals surface area (Å²) in [5.41, 5.74) is 2.96. The summed E-state index contributed by atoms with van der Waals surface area (Å²) in [5.74, 6) is 0.499. The van der Waals surface area contributed by atoms with E-state index in [-0.39, 0.29) is 24.1 Å². The molecule has 0 saturated carbocycles. The molecule has 8 heteroatoms. The fourth-order valence-corrected chi connectivity index (χ4v) is 3.53. The number of nitrogens with one attached hydrogen (secondary N) is 3. The lowest BCUT2D eigenvalue weighted by atomic mass is 10.1. The van der Waals surface area contributed by atoms with Crippen LogP contribution in [0, 0.1) is 11.7 Å². The van der Waals surface area contributed by atoms with Gasteiger partial charge in [0.05, 0.1) is 17.5 Å². The minimum Gasteiger partial charge on any atom is -0.444 e. The number of aromatic amines is 1. The number of hydrogen-bond acceptors (Lipinski definition) is 4. The Labute approximate surface area is 199 Å². The summed E-state index contributed by atoms with van der Waals surface area (Å²) in [6.45, 7) is 8.63. The van der Waals surface area contributed by atoms with Gasteiger partial charge in [-0.2, -0.15) is 0 Å². The van der Waals surface area contributed by atoms with Crippen molar-refractivity contribution in [3.8, 4) is 11.1 Å². The second-order valence-electron chi connectivity index (χ2n) is 9.58. The molecule has 3 N–H and O–H groups in total. The smallest absolute Gasteiger partial charge is 0.407 e. The second kappa shape index (κ2) is 11.1. The standard InChI is InChI=1S/C26H33FN4O3/c1-17(6-5-13-28-25(33)34-26(2,3)4)16-29-24(32)15-23-30-21-12-9-19(14-22(21)31-23)18-7-10-20(27)11-8-18/h7-12,14,17H,5-6,13,15-16H2,1-4H3,(H,28,33)(H,29,32)(H,30,31)/t17-/m0/s1. The lowest BCUT2D eigenvalue weighted by Crippen LogP contribution is -2.33. The number of fused-ring (bicyclic) bond motifs is 1. The highest BCUT2D eigenvalue weighted by Gasteiger charge is 2.16. The lowest BCUT2D eigenvalue weighted by molar-refractivity contribution is -0.120. The highest BCUT2D eigenvalue weighted by molar-refractivity contribution is 5.83. The highest BCUT2D eigenvalue weighted by atomic mass is 19.1. The Kier molecular flexibility index (Phi) is 8.26. The molecule has 2 aromatic carbocycles. The van der Waals surface area contributed by atoms with E-state index in [2.05, 4.69) is 27.5 Å². The van der Waals surface area contributed by atoms with Gasteiger partial charge in [0.25, 0.3) is 0 Å². The molecule has 0 aliphatic heterocycles. The number of halogens is 1. The van der Waals surface area contributed by atoms with E-state index in [9.17, 15) is 14.0 Å². The lowest BCUT2D eigenvalue weighted by Gasteiger charge is -2.20. The van der Waals surface area contributed by atoms with Crippen LogP contribution in [-0.2, 0) is 16.0 Å². The first-order chi connectivity index (χ1) is 16.1. The number of rotatable bonds is 9. The Bertz CT molecular complexity index is 1120. The Morgan fingerprint density at radius 3 is 2.50 bits per heavy atom. The van der Waals surface area contributed by atoms with Crippen molar-refractivity contribution in [2.45, 2.75) is 52.6 Å². The van der Waals surface area contributed by atoms with Gasteiger partial charge in [-0.25, -0.2) is 14.2 Å². The van der Waals surface area contributed by atoms with Gasteiger partial charge in [-0.3, -0.25) is 4.79 Å². The molecule has 1 aromatic heterocycles. The number of benzene rings is 2. The number of H-pyrrole nitrogens is 1. The van der Waals surface area contributed by atoms with Crippen LogP contribution >= 0.6 is 0 Å². The number of amides is 2. The molecule has 2 amide bonds. The van der Waals surface area contributed by atoms with Crippen LogP contribution in [0.2, 0.25) is 0 Å². The minimum atomic E-state index is -0.508. The van der Waals surface area contributed by atoms with Crippen molar-refractivity contribution < 1.29 is 18.7 Å². The second-order valence-corrected chi connectivity index (χ2v) is 9.58. The van der Waals surface area contributed by atoms with E-state index < -0.39 is 11.7 Å². The zero-order valence-electron chi connectivity index (χ0n) is 20.2. The maximum Gasteiger partial charge on any atom is 0.407 e. The van der Waals surface area contributed by atoms with Crippen LogP contribution in [0.1, 0.15) is 46.4 Å². The van der Waals surface area contributed by atoms with E-state index in [1.165, 1.54) is 12.1 Å². The SMILES string of the molecule is C[C@@H](CCCNC(=O)OC(C)(C)C)CNC(=O)Cc1nc2ccc(-c3ccc(F)cc3)cc2[nH]1. The van der Waals surface area contributed by atoms with Crippen molar-refractivity contribution in [2.75, 3.05) is 13.1 Å². The summed E-state index contributed by atoms with van der Waals surface area (Å²) in [7, 11) is 0. The maximum absolute atomic E-state index is 13.2. The quantitative estimate of drug-likeness (QED) is 0.387. The monoisotopic (exact) mass is 468 g/mol. The van der Waals surface area contributed by atoms with Crippen molar-refractivity contribution in [1.29, 1.82) is 0 Å². The van der Waals surface area contributed by atoms with Gasteiger partial charge in [-0.15, -0.1) is 0 Å². The molecule has 0 aliphatic carbocycles. The summed E-state index contributed by atoms with van der Waals surface area (Å²) in [6.07, 6.45) is 1.42.